The minimum Gasteiger partial charge on any atom is -0.469 e. The lowest BCUT2D eigenvalue weighted by Gasteiger charge is -2.22. The molecule has 2 heterocycles. The van der Waals surface area contributed by atoms with Crippen LogP contribution in [0.1, 0.15) is 37.9 Å². The lowest BCUT2D eigenvalue weighted by Crippen LogP contribution is -2.43. The van der Waals surface area contributed by atoms with E-state index in [2.05, 4.69) is 22.8 Å². The molecule has 1 aromatic rings. The van der Waals surface area contributed by atoms with E-state index in [1.54, 1.807) is 6.26 Å². The summed E-state index contributed by atoms with van der Waals surface area (Å²) in [5, 5.41) is 6.95. The highest BCUT2D eigenvalue weighted by molar-refractivity contribution is 5.80. The van der Waals surface area contributed by atoms with E-state index in [4.69, 9.17) is 14.1 Å². The Morgan fingerprint density at radius 3 is 2.91 bits per heavy atom. The fourth-order valence-electron chi connectivity index (χ4n) is 2.98. The summed E-state index contributed by atoms with van der Waals surface area (Å²) in [6, 6.07) is 4.38. The van der Waals surface area contributed by atoms with Crippen molar-refractivity contribution in [3.05, 3.63) is 36.3 Å². The van der Waals surface area contributed by atoms with E-state index in [-0.39, 0.29) is 6.10 Å². The number of guanidine groups is 1. The molecular weight excluding hydrogens is 290 g/mol. The van der Waals surface area contributed by atoms with Crippen LogP contribution in [0.4, 0.5) is 0 Å². The number of nitrogens with zero attached hydrogens (tertiary/aromatic N) is 1. The maximum Gasteiger partial charge on any atom is 0.191 e. The van der Waals surface area contributed by atoms with Crippen LogP contribution in [0.15, 0.2) is 40.0 Å². The lowest BCUT2D eigenvalue weighted by atomic mass is 10.1. The fourth-order valence-corrected chi connectivity index (χ4v) is 2.98. The van der Waals surface area contributed by atoms with Gasteiger partial charge in [0.1, 0.15) is 5.76 Å². The number of rotatable bonds is 6. The quantitative estimate of drug-likeness (QED) is 0.481. The van der Waals surface area contributed by atoms with Gasteiger partial charge in [-0.05, 0) is 44.2 Å². The van der Waals surface area contributed by atoms with Crippen LogP contribution in [-0.4, -0.2) is 37.8 Å². The zero-order valence-electron chi connectivity index (χ0n) is 13.7. The van der Waals surface area contributed by atoms with Crippen molar-refractivity contribution in [1.82, 2.24) is 10.6 Å². The Kier molecular flexibility index (Phi) is 6.15. The fraction of sp³-hybridized carbons (Fsp3) is 0.611. The molecule has 5 nitrogen and oxygen atoms in total. The third-order valence-electron chi connectivity index (χ3n) is 4.32. The Bertz CT molecular complexity index is 496. The molecule has 1 fully saturated rings. The van der Waals surface area contributed by atoms with Crippen molar-refractivity contribution in [3.63, 3.8) is 0 Å². The van der Waals surface area contributed by atoms with E-state index < -0.39 is 0 Å². The number of hydrogen-bond acceptors (Lipinski definition) is 3. The Balaban J connectivity index is 1.49. The van der Waals surface area contributed by atoms with Gasteiger partial charge in [0.2, 0.25) is 0 Å². The second-order valence-corrected chi connectivity index (χ2v) is 6.22. The molecule has 23 heavy (non-hydrogen) atoms. The molecule has 0 radical (unpaired) electrons. The highest BCUT2D eigenvalue weighted by atomic mass is 16.5. The summed E-state index contributed by atoms with van der Waals surface area (Å²) in [6.07, 6.45) is 13.0. The highest BCUT2D eigenvalue weighted by Gasteiger charge is 2.15. The minimum absolute atomic E-state index is 0.272. The van der Waals surface area contributed by atoms with Crippen LogP contribution in [0.5, 0.6) is 0 Å². The van der Waals surface area contributed by atoms with Crippen LogP contribution < -0.4 is 10.6 Å². The molecule has 3 rings (SSSR count). The van der Waals surface area contributed by atoms with Gasteiger partial charge in [0.25, 0.3) is 0 Å². The first-order valence-corrected chi connectivity index (χ1v) is 8.74. The van der Waals surface area contributed by atoms with Crippen LogP contribution in [0.3, 0.4) is 0 Å². The number of aliphatic imine (C=N–C) groups is 1. The summed E-state index contributed by atoms with van der Waals surface area (Å²) in [5.74, 6) is 1.88. The first kappa shape index (κ1) is 16.1. The molecule has 0 saturated carbocycles. The van der Waals surface area contributed by atoms with Crippen molar-refractivity contribution < 1.29 is 9.15 Å². The molecule has 1 atom stereocenters. The summed E-state index contributed by atoms with van der Waals surface area (Å²) < 4.78 is 11.1. The normalized spacial score (nSPS) is 22.4. The molecule has 1 unspecified atom stereocenters. The van der Waals surface area contributed by atoms with Gasteiger partial charge in [0, 0.05) is 25.6 Å². The van der Waals surface area contributed by atoms with Crippen LogP contribution in [-0.2, 0) is 11.2 Å². The van der Waals surface area contributed by atoms with Crippen molar-refractivity contribution in [3.8, 4) is 0 Å². The SMILES string of the molecule is C1=CCC(NC(=NCC2CCCCO2)NCCc2ccco2)C1. The molecule has 2 aliphatic rings. The molecule has 1 saturated heterocycles. The predicted octanol–water partition coefficient (Wildman–Crippen LogP) is 2.65. The van der Waals surface area contributed by atoms with E-state index in [0.29, 0.717) is 6.04 Å². The molecule has 1 aliphatic carbocycles. The third-order valence-corrected chi connectivity index (χ3v) is 4.32. The van der Waals surface area contributed by atoms with Crippen molar-refractivity contribution in [2.24, 2.45) is 4.99 Å². The number of nitrogens with one attached hydrogen (secondary N) is 2. The van der Waals surface area contributed by atoms with Gasteiger partial charge >= 0.3 is 0 Å². The molecule has 2 N–H and O–H groups in total. The Morgan fingerprint density at radius 2 is 2.17 bits per heavy atom. The van der Waals surface area contributed by atoms with Crippen molar-refractivity contribution in [1.29, 1.82) is 0 Å². The van der Waals surface area contributed by atoms with E-state index in [1.807, 2.05) is 12.1 Å². The standard InChI is InChI=1S/C18H27N3O2/c1-2-7-15(6-1)21-18(19-11-10-16-9-5-13-22-16)20-14-17-8-3-4-12-23-17/h1-2,5,9,13,15,17H,3-4,6-8,10-12,14H2,(H2,19,20,21). The van der Waals surface area contributed by atoms with Gasteiger partial charge in [0.05, 0.1) is 18.9 Å². The molecule has 0 amide bonds. The van der Waals surface area contributed by atoms with Gasteiger partial charge in [0.15, 0.2) is 5.96 Å². The van der Waals surface area contributed by atoms with Gasteiger partial charge in [-0.3, -0.25) is 4.99 Å². The smallest absolute Gasteiger partial charge is 0.191 e. The van der Waals surface area contributed by atoms with Gasteiger partial charge in [-0.1, -0.05) is 12.2 Å². The molecule has 0 aromatic carbocycles. The first-order valence-electron chi connectivity index (χ1n) is 8.74. The maximum absolute atomic E-state index is 5.77. The second kappa shape index (κ2) is 8.77. The zero-order chi connectivity index (χ0) is 15.7. The van der Waals surface area contributed by atoms with E-state index in [0.717, 1.165) is 57.1 Å². The summed E-state index contributed by atoms with van der Waals surface area (Å²) in [4.78, 5) is 4.74. The van der Waals surface area contributed by atoms with Crippen LogP contribution in [0.25, 0.3) is 0 Å². The van der Waals surface area contributed by atoms with Crippen LogP contribution in [0, 0.1) is 0 Å². The van der Waals surface area contributed by atoms with E-state index in [1.165, 1.54) is 12.8 Å². The lowest BCUT2D eigenvalue weighted by molar-refractivity contribution is 0.0224. The van der Waals surface area contributed by atoms with Gasteiger partial charge in [-0.15, -0.1) is 0 Å². The molecule has 1 aliphatic heterocycles. The van der Waals surface area contributed by atoms with Gasteiger partial charge in [-0.2, -0.15) is 0 Å². The summed E-state index contributed by atoms with van der Waals surface area (Å²) in [7, 11) is 0. The predicted molar refractivity (Wildman–Crippen MR) is 91.6 cm³/mol. The Morgan fingerprint density at radius 1 is 1.26 bits per heavy atom. The topological polar surface area (TPSA) is 58.8 Å². The first-order chi connectivity index (χ1) is 11.4. The summed E-state index contributed by atoms with van der Waals surface area (Å²) in [6.45, 7) is 2.42. The molecule has 0 bridgehead atoms. The Labute approximate surface area is 138 Å². The average molecular weight is 317 g/mol. The monoisotopic (exact) mass is 317 g/mol. The van der Waals surface area contributed by atoms with Crippen LogP contribution in [0.2, 0.25) is 0 Å². The van der Waals surface area contributed by atoms with Crippen molar-refractivity contribution in [2.75, 3.05) is 19.7 Å². The largest absolute Gasteiger partial charge is 0.469 e. The summed E-state index contributed by atoms with van der Waals surface area (Å²) in [5.41, 5.74) is 0. The van der Waals surface area contributed by atoms with Crippen molar-refractivity contribution in [2.45, 2.75) is 50.7 Å². The molecule has 0 spiro atoms. The van der Waals surface area contributed by atoms with Crippen molar-refractivity contribution >= 4 is 5.96 Å². The highest BCUT2D eigenvalue weighted by Crippen LogP contribution is 2.13. The van der Waals surface area contributed by atoms with E-state index in [9.17, 15) is 0 Å². The zero-order valence-corrected chi connectivity index (χ0v) is 13.7. The summed E-state index contributed by atoms with van der Waals surface area (Å²) >= 11 is 0. The maximum atomic E-state index is 5.77. The average Bonchev–Trinajstić information content (AvgIpc) is 3.27. The molecular formula is C18H27N3O2. The van der Waals surface area contributed by atoms with Gasteiger partial charge in [-0.25, -0.2) is 0 Å². The molecule has 126 valence electrons. The number of furan rings is 1. The Hall–Kier alpha value is -1.75. The number of ether oxygens (including phenoxy) is 1. The minimum atomic E-state index is 0.272. The second-order valence-electron chi connectivity index (χ2n) is 6.22. The molecule has 5 heteroatoms. The third kappa shape index (κ3) is 5.43. The van der Waals surface area contributed by atoms with Gasteiger partial charge < -0.3 is 19.8 Å². The number of hydrogen-bond donors (Lipinski definition) is 2. The van der Waals surface area contributed by atoms with Crippen LogP contribution >= 0.6 is 0 Å². The van der Waals surface area contributed by atoms with E-state index >= 15 is 0 Å². The molecule has 1 aromatic heterocycles.